The van der Waals surface area contributed by atoms with Crippen LogP contribution in [0.1, 0.15) is 93.7 Å². The predicted molar refractivity (Wildman–Crippen MR) is 156 cm³/mol. The number of hydrogen-bond acceptors (Lipinski definition) is 8. The first-order chi connectivity index (χ1) is 19.4. The lowest BCUT2D eigenvalue weighted by Crippen LogP contribution is -2.49. The molecule has 212 valence electrons. The number of rotatable bonds is 11. The van der Waals surface area contributed by atoms with Crippen molar-refractivity contribution in [3.05, 3.63) is 76.2 Å². The predicted octanol–water partition coefficient (Wildman–Crippen LogP) is 6.62. The fourth-order valence-electron chi connectivity index (χ4n) is 6.25. The zero-order chi connectivity index (χ0) is 27.7. The Labute approximate surface area is 240 Å². The van der Waals surface area contributed by atoms with Crippen LogP contribution in [0.25, 0.3) is 5.57 Å². The number of nitrogens with one attached hydrogen (secondary N) is 3. The van der Waals surface area contributed by atoms with Gasteiger partial charge < -0.3 is 14.0 Å². The first-order valence-electron chi connectivity index (χ1n) is 14.3. The van der Waals surface area contributed by atoms with Crippen LogP contribution in [0, 0.1) is 5.41 Å². The largest absolute Gasteiger partial charge is 0.493 e. The summed E-state index contributed by atoms with van der Waals surface area (Å²) in [7, 11) is 0. The van der Waals surface area contributed by atoms with Gasteiger partial charge in [0.05, 0.1) is 18.8 Å². The summed E-state index contributed by atoms with van der Waals surface area (Å²) >= 11 is 6.66. The molecule has 1 aromatic heterocycles. The van der Waals surface area contributed by atoms with Crippen molar-refractivity contribution in [3.63, 3.8) is 0 Å². The summed E-state index contributed by atoms with van der Waals surface area (Å²) in [5.41, 5.74) is 13.2. The van der Waals surface area contributed by atoms with E-state index in [4.69, 9.17) is 25.6 Å². The van der Waals surface area contributed by atoms with Crippen LogP contribution in [-0.4, -0.2) is 23.2 Å². The Morgan fingerprint density at radius 1 is 1.20 bits per heavy atom. The van der Waals surface area contributed by atoms with Crippen molar-refractivity contribution in [1.29, 1.82) is 0 Å². The van der Waals surface area contributed by atoms with E-state index >= 15 is 0 Å². The maximum atomic E-state index is 6.83. The second kappa shape index (κ2) is 11.1. The Morgan fingerprint density at radius 2 is 1.98 bits per heavy atom. The number of fused-ring (bicyclic) bond motifs is 3. The molecule has 2 aromatic rings. The fourth-order valence-corrected chi connectivity index (χ4v) is 6.49. The van der Waals surface area contributed by atoms with Crippen LogP contribution in [0.2, 0.25) is 0 Å². The lowest BCUT2D eigenvalue weighted by molar-refractivity contribution is -0.150. The summed E-state index contributed by atoms with van der Waals surface area (Å²) in [6.45, 7) is 9.12. The molecule has 0 spiro atoms. The molecule has 8 nitrogen and oxygen atoms in total. The van der Waals surface area contributed by atoms with Gasteiger partial charge in [0.1, 0.15) is 17.2 Å². The normalized spacial score (nSPS) is 26.6. The molecule has 4 saturated carbocycles. The molecule has 0 amide bonds. The number of halogens is 1. The lowest BCUT2D eigenvalue weighted by atomic mass is 9.59. The minimum absolute atomic E-state index is 0.106. The molecule has 0 unspecified atom stereocenters. The number of hydrazine groups is 2. The van der Waals surface area contributed by atoms with Crippen molar-refractivity contribution in [3.8, 4) is 5.75 Å². The van der Waals surface area contributed by atoms with E-state index in [1.807, 2.05) is 50.3 Å². The highest BCUT2D eigenvalue weighted by atomic mass is 35.5. The van der Waals surface area contributed by atoms with E-state index in [1.165, 1.54) is 0 Å². The van der Waals surface area contributed by atoms with Crippen LogP contribution in [0.15, 0.2) is 63.2 Å². The molecule has 4 aliphatic carbocycles. The van der Waals surface area contributed by atoms with E-state index in [0.29, 0.717) is 17.6 Å². The zero-order valence-electron chi connectivity index (χ0n) is 23.3. The number of allylic oxidation sites excluding steroid dienone is 5. The molecule has 5 aliphatic rings. The second-order valence-corrected chi connectivity index (χ2v) is 12.1. The minimum Gasteiger partial charge on any atom is -0.493 e. The summed E-state index contributed by atoms with van der Waals surface area (Å²) in [6.07, 6.45) is 12.4. The van der Waals surface area contributed by atoms with Gasteiger partial charge >= 0.3 is 0 Å². The first-order valence-corrected chi connectivity index (χ1v) is 14.7. The number of benzene rings is 1. The Hall–Kier alpha value is -3.07. The monoisotopic (exact) mass is 563 g/mol. The molecular formula is C31H38ClN5O3. The fraction of sp³-hybridized carbons (Fsp3) is 0.484. The van der Waals surface area contributed by atoms with E-state index in [-0.39, 0.29) is 11.0 Å². The van der Waals surface area contributed by atoms with E-state index in [2.05, 4.69) is 33.3 Å². The second-order valence-electron chi connectivity index (χ2n) is 11.7. The number of aromatic nitrogens is 1. The van der Waals surface area contributed by atoms with Crippen molar-refractivity contribution < 1.29 is 14.0 Å². The van der Waals surface area contributed by atoms with Crippen molar-refractivity contribution in [2.45, 2.75) is 83.3 Å². The van der Waals surface area contributed by atoms with Crippen molar-refractivity contribution in [1.82, 2.24) is 21.7 Å². The topological polar surface area (TPSA) is 92.9 Å². The van der Waals surface area contributed by atoms with Gasteiger partial charge in [0.2, 0.25) is 0 Å². The minimum atomic E-state index is -0.106. The van der Waals surface area contributed by atoms with E-state index in [1.54, 1.807) is 0 Å². The van der Waals surface area contributed by atoms with Crippen LogP contribution >= 0.6 is 11.6 Å². The smallest absolute Gasteiger partial charge is 0.170 e. The number of amidine groups is 1. The molecule has 0 saturated heterocycles. The highest BCUT2D eigenvalue weighted by Crippen LogP contribution is 2.55. The van der Waals surface area contributed by atoms with Crippen molar-refractivity contribution in [2.24, 2.45) is 10.5 Å². The average Bonchev–Trinajstić information content (AvgIpc) is 3.52. The maximum Gasteiger partial charge on any atom is 0.170 e. The summed E-state index contributed by atoms with van der Waals surface area (Å²) in [4.78, 5) is 0. The number of hydrazone groups is 1. The first kappa shape index (κ1) is 27.1. The molecule has 2 heterocycles. The van der Waals surface area contributed by atoms with Gasteiger partial charge in [-0.05, 0) is 82.9 Å². The molecule has 2 bridgehead atoms. The Bertz CT molecular complexity index is 1350. The van der Waals surface area contributed by atoms with Gasteiger partial charge in [0, 0.05) is 33.1 Å². The Kier molecular flexibility index (Phi) is 7.50. The third kappa shape index (κ3) is 5.32. The van der Waals surface area contributed by atoms with Crippen molar-refractivity contribution in [2.75, 3.05) is 6.61 Å². The van der Waals surface area contributed by atoms with E-state index in [9.17, 15) is 0 Å². The highest BCUT2D eigenvalue weighted by Gasteiger charge is 2.50. The third-order valence-electron chi connectivity index (χ3n) is 9.11. The maximum absolute atomic E-state index is 6.83. The summed E-state index contributed by atoms with van der Waals surface area (Å²) in [6, 6.07) is 8.06. The van der Waals surface area contributed by atoms with Crippen LogP contribution in [-0.2, 0) is 11.3 Å². The molecule has 7 rings (SSSR count). The number of nitrogens with zero attached hydrogens (tertiary/aromatic N) is 2. The van der Waals surface area contributed by atoms with E-state index in [0.717, 1.165) is 103 Å². The molecule has 4 fully saturated rings. The average molecular weight is 564 g/mol. The van der Waals surface area contributed by atoms with Crippen LogP contribution in [0.5, 0.6) is 5.75 Å². The van der Waals surface area contributed by atoms with Crippen LogP contribution in [0.4, 0.5) is 0 Å². The zero-order valence-corrected chi connectivity index (χ0v) is 24.1. The number of hydrogen-bond donors (Lipinski definition) is 3. The molecule has 9 heteroatoms. The van der Waals surface area contributed by atoms with Crippen molar-refractivity contribution >= 4 is 23.0 Å². The van der Waals surface area contributed by atoms with Gasteiger partial charge in [-0.1, -0.05) is 47.6 Å². The quantitative estimate of drug-likeness (QED) is 0.265. The Morgan fingerprint density at radius 3 is 2.62 bits per heavy atom. The lowest BCUT2D eigenvalue weighted by Gasteiger charge is -2.52. The summed E-state index contributed by atoms with van der Waals surface area (Å²) in [5.74, 6) is 3.00. The summed E-state index contributed by atoms with van der Waals surface area (Å²) < 4.78 is 19.1. The Balaban J connectivity index is 1.12. The van der Waals surface area contributed by atoms with Gasteiger partial charge in [-0.25, -0.2) is 5.53 Å². The third-order valence-corrected chi connectivity index (χ3v) is 9.52. The molecule has 1 aromatic carbocycles. The number of ether oxygens (including phenoxy) is 2. The molecule has 40 heavy (non-hydrogen) atoms. The van der Waals surface area contributed by atoms with Gasteiger partial charge in [0.15, 0.2) is 5.84 Å². The highest BCUT2D eigenvalue weighted by molar-refractivity contribution is 6.37. The van der Waals surface area contributed by atoms with E-state index < -0.39 is 0 Å². The van der Waals surface area contributed by atoms with Gasteiger partial charge in [-0.15, -0.1) is 10.6 Å². The summed E-state index contributed by atoms with van der Waals surface area (Å²) in [5, 5.41) is 9.35. The SMILES string of the molecule is C=C/C(C)=C(\C(Cl)=C/C)c1noc(C2CC2)c1COC12CCC(COc3cccc(C4=NNNN4)c3)(CC1)CC2. The van der Waals surface area contributed by atoms with Crippen LogP contribution < -0.4 is 21.2 Å². The van der Waals surface area contributed by atoms with Gasteiger partial charge in [-0.3, -0.25) is 5.43 Å². The molecule has 3 N–H and O–H groups in total. The molecular weight excluding hydrogens is 526 g/mol. The molecule has 1 aliphatic heterocycles. The standard InChI is InChI=1S/C31H38ClN5O3/c1-4-20(3)26(25(32)5-2)27-24(28(40-35-27)21-9-10-21)18-39-31-14-11-30(12-15-31,13-16-31)19-38-23-8-6-7-22(17-23)29-33-36-37-34-29/h4-8,17,21,36-37H,1,9-16,18-19H2,2-3H3,(H,33,34)/b25-5+,26-20+. The molecule has 0 atom stereocenters. The van der Waals surface area contributed by atoms with Gasteiger partial charge in [0.25, 0.3) is 0 Å². The molecule has 0 radical (unpaired) electrons. The van der Waals surface area contributed by atoms with Crippen LogP contribution in [0.3, 0.4) is 0 Å². The van der Waals surface area contributed by atoms with Gasteiger partial charge in [-0.2, -0.15) is 0 Å².